The van der Waals surface area contributed by atoms with E-state index in [1.165, 1.54) is 0 Å². The molecule has 0 radical (unpaired) electrons. The summed E-state index contributed by atoms with van der Waals surface area (Å²) in [5, 5.41) is 3.90. The van der Waals surface area contributed by atoms with E-state index in [1.807, 2.05) is 13.8 Å². The molecule has 8 nitrogen and oxygen atoms in total. The molecule has 0 fully saturated rings. The fourth-order valence-corrected chi connectivity index (χ4v) is 2.44. The van der Waals surface area contributed by atoms with Crippen molar-refractivity contribution in [3.63, 3.8) is 0 Å². The fourth-order valence-electron chi connectivity index (χ4n) is 2.44. The van der Waals surface area contributed by atoms with Crippen molar-refractivity contribution >= 4 is 5.91 Å². The Balaban J connectivity index is 2.10. The van der Waals surface area contributed by atoms with Crippen LogP contribution in [-0.4, -0.2) is 37.5 Å². The van der Waals surface area contributed by atoms with Gasteiger partial charge in [-0.1, -0.05) is 12.1 Å². The van der Waals surface area contributed by atoms with Crippen molar-refractivity contribution in [2.24, 2.45) is 0 Å². The molecule has 1 N–H and O–H groups in total. The molecule has 0 atom stereocenters. The summed E-state index contributed by atoms with van der Waals surface area (Å²) in [5.74, 6) is 1.42. The molecule has 2 aromatic rings. The lowest BCUT2D eigenvalue weighted by molar-refractivity contribution is -0.131. The zero-order chi connectivity index (χ0) is 17.7. The maximum absolute atomic E-state index is 12.5. The number of carbonyl (C=O) groups excluding carboxylic acids is 1. The van der Waals surface area contributed by atoms with E-state index in [9.17, 15) is 9.59 Å². The predicted molar refractivity (Wildman–Crippen MR) is 87.4 cm³/mol. The van der Waals surface area contributed by atoms with Crippen molar-refractivity contribution in [3.8, 4) is 0 Å². The highest BCUT2D eigenvalue weighted by atomic mass is 16.5. The number of aryl methyl sites for hydroxylation is 3. The zero-order valence-electron chi connectivity index (χ0n) is 14.5. The van der Waals surface area contributed by atoms with Gasteiger partial charge >= 0.3 is 0 Å². The third kappa shape index (κ3) is 4.27. The lowest BCUT2D eigenvalue weighted by atomic mass is 10.1. The van der Waals surface area contributed by atoms with E-state index in [0.717, 1.165) is 12.8 Å². The van der Waals surface area contributed by atoms with E-state index in [0.29, 0.717) is 35.3 Å². The molecular weight excluding hydrogens is 310 g/mol. The SMILES string of the molecule is CCCc1nc(CN(CC)C(=O)Cc2c(C)nc(C)[nH]c2=O)no1. The van der Waals surface area contributed by atoms with E-state index in [4.69, 9.17) is 4.52 Å². The number of carbonyl (C=O) groups is 1. The van der Waals surface area contributed by atoms with Crippen LogP contribution in [0.3, 0.4) is 0 Å². The molecular formula is C16H23N5O3. The number of rotatable bonds is 7. The van der Waals surface area contributed by atoms with Crippen molar-refractivity contribution in [2.75, 3.05) is 6.54 Å². The minimum absolute atomic E-state index is 0.00194. The maximum Gasteiger partial charge on any atom is 0.254 e. The van der Waals surface area contributed by atoms with Gasteiger partial charge in [-0.2, -0.15) is 4.98 Å². The Kier molecular flexibility index (Phi) is 5.83. The number of nitrogens with one attached hydrogen (secondary N) is 1. The molecule has 0 aliphatic rings. The Morgan fingerprint density at radius 1 is 1.25 bits per heavy atom. The molecule has 0 aliphatic carbocycles. The van der Waals surface area contributed by atoms with Crippen molar-refractivity contribution in [1.29, 1.82) is 0 Å². The van der Waals surface area contributed by atoms with Gasteiger partial charge in [-0.05, 0) is 27.2 Å². The van der Waals surface area contributed by atoms with E-state index in [-0.39, 0.29) is 24.4 Å². The minimum atomic E-state index is -0.269. The summed E-state index contributed by atoms with van der Waals surface area (Å²) in [6, 6.07) is 0. The second kappa shape index (κ2) is 7.85. The molecule has 0 spiro atoms. The molecule has 0 bridgehead atoms. The normalized spacial score (nSPS) is 10.8. The van der Waals surface area contributed by atoms with Gasteiger partial charge in [0.05, 0.1) is 13.0 Å². The molecule has 0 saturated carbocycles. The number of aromatic amines is 1. The number of H-pyrrole nitrogens is 1. The molecule has 0 saturated heterocycles. The van der Waals surface area contributed by atoms with Crippen LogP contribution >= 0.6 is 0 Å². The second-order valence-electron chi connectivity index (χ2n) is 5.65. The number of likely N-dealkylation sites (N-methyl/N-ethyl adjacent to an activating group) is 1. The number of aromatic nitrogens is 4. The molecule has 24 heavy (non-hydrogen) atoms. The average molecular weight is 333 g/mol. The van der Waals surface area contributed by atoms with Crippen molar-refractivity contribution in [2.45, 2.75) is 53.5 Å². The topological polar surface area (TPSA) is 105 Å². The van der Waals surface area contributed by atoms with Gasteiger partial charge in [0.15, 0.2) is 5.82 Å². The van der Waals surface area contributed by atoms with E-state index in [2.05, 4.69) is 20.1 Å². The first kappa shape index (κ1) is 17.8. The Morgan fingerprint density at radius 3 is 2.62 bits per heavy atom. The van der Waals surface area contributed by atoms with Crippen LogP contribution in [0.1, 0.15) is 49.1 Å². The Hall–Kier alpha value is -2.51. The van der Waals surface area contributed by atoms with Crippen LogP contribution in [0, 0.1) is 13.8 Å². The molecule has 0 aliphatic heterocycles. The molecule has 2 aromatic heterocycles. The first-order chi connectivity index (χ1) is 11.4. The van der Waals surface area contributed by atoms with Gasteiger partial charge in [0.25, 0.3) is 5.56 Å². The lowest BCUT2D eigenvalue weighted by Crippen LogP contribution is -2.34. The molecule has 0 aromatic carbocycles. The highest BCUT2D eigenvalue weighted by Gasteiger charge is 2.19. The van der Waals surface area contributed by atoms with Gasteiger partial charge in [0.2, 0.25) is 11.8 Å². The summed E-state index contributed by atoms with van der Waals surface area (Å²) < 4.78 is 5.14. The van der Waals surface area contributed by atoms with Crippen LogP contribution in [0.15, 0.2) is 9.32 Å². The maximum atomic E-state index is 12.5. The first-order valence-corrected chi connectivity index (χ1v) is 8.10. The van der Waals surface area contributed by atoms with Gasteiger partial charge < -0.3 is 14.4 Å². The quantitative estimate of drug-likeness (QED) is 0.819. The summed E-state index contributed by atoms with van der Waals surface area (Å²) in [5.41, 5.74) is 0.698. The van der Waals surface area contributed by atoms with Gasteiger partial charge in [-0.3, -0.25) is 9.59 Å². The van der Waals surface area contributed by atoms with E-state index < -0.39 is 0 Å². The largest absolute Gasteiger partial charge is 0.339 e. The molecule has 2 heterocycles. The number of hydrogen-bond acceptors (Lipinski definition) is 6. The van der Waals surface area contributed by atoms with Crippen molar-refractivity contribution in [1.82, 2.24) is 25.0 Å². The third-order valence-electron chi connectivity index (χ3n) is 3.71. The number of hydrogen-bond donors (Lipinski definition) is 1. The Bertz CT molecular complexity index is 765. The summed E-state index contributed by atoms with van der Waals surface area (Å²) in [6.07, 6.45) is 1.64. The van der Waals surface area contributed by atoms with Gasteiger partial charge in [-0.15, -0.1) is 0 Å². The highest BCUT2D eigenvalue weighted by Crippen LogP contribution is 2.07. The van der Waals surface area contributed by atoms with Gasteiger partial charge in [0.1, 0.15) is 5.82 Å². The number of amides is 1. The first-order valence-electron chi connectivity index (χ1n) is 8.10. The summed E-state index contributed by atoms with van der Waals surface area (Å²) in [6.45, 7) is 8.10. The van der Waals surface area contributed by atoms with Crippen LogP contribution in [0.4, 0.5) is 0 Å². The van der Waals surface area contributed by atoms with Crippen LogP contribution in [0.2, 0.25) is 0 Å². The summed E-state index contributed by atoms with van der Waals surface area (Å²) in [7, 11) is 0. The third-order valence-corrected chi connectivity index (χ3v) is 3.71. The van der Waals surface area contributed by atoms with Crippen molar-refractivity contribution in [3.05, 3.63) is 39.2 Å². The lowest BCUT2D eigenvalue weighted by Gasteiger charge is -2.19. The standard InChI is InChI=1S/C16H23N5O3/c1-5-7-14-19-13(20-24-14)9-21(6-2)15(22)8-12-10(3)17-11(4)18-16(12)23/h5-9H2,1-4H3,(H,17,18,23). The summed E-state index contributed by atoms with van der Waals surface area (Å²) >= 11 is 0. The molecule has 2 rings (SSSR count). The zero-order valence-corrected chi connectivity index (χ0v) is 14.5. The second-order valence-corrected chi connectivity index (χ2v) is 5.65. The minimum Gasteiger partial charge on any atom is -0.339 e. The Labute approximate surface area is 140 Å². The van der Waals surface area contributed by atoms with Crippen LogP contribution in [0.25, 0.3) is 0 Å². The Morgan fingerprint density at radius 2 is 2.00 bits per heavy atom. The monoisotopic (exact) mass is 333 g/mol. The predicted octanol–water partition coefficient (Wildman–Crippen LogP) is 1.31. The van der Waals surface area contributed by atoms with Crippen LogP contribution < -0.4 is 5.56 Å². The van der Waals surface area contributed by atoms with E-state index in [1.54, 1.807) is 18.7 Å². The van der Waals surface area contributed by atoms with E-state index >= 15 is 0 Å². The molecule has 0 unspecified atom stereocenters. The summed E-state index contributed by atoms with van der Waals surface area (Å²) in [4.78, 5) is 37.3. The molecule has 1 amide bonds. The molecule has 8 heteroatoms. The fraction of sp³-hybridized carbons (Fsp3) is 0.562. The van der Waals surface area contributed by atoms with Crippen LogP contribution in [0.5, 0.6) is 0 Å². The van der Waals surface area contributed by atoms with Crippen LogP contribution in [-0.2, 0) is 24.2 Å². The molecule has 130 valence electrons. The average Bonchev–Trinajstić information content (AvgIpc) is 2.96. The highest BCUT2D eigenvalue weighted by molar-refractivity contribution is 5.78. The van der Waals surface area contributed by atoms with Gasteiger partial charge in [0, 0.05) is 24.2 Å². The smallest absolute Gasteiger partial charge is 0.254 e. The van der Waals surface area contributed by atoms with Gasteiger partial charge in [-0.25, -0.2) is 4.98 Å². The van der Waals surface area contributed by atoms with Crippen molar-refractivity contribution < 1.29 is 9.32 Å². The number of nitrogens with zero attached hydrogens (tertiary/aromatic N) is 4.